The van der Waals surface area contributed by atoms with Crippen molar-refractivity contribution in [1.29, 1.82) is 0 Å². The van der Waals surface area contributed by atoms with E-state index in [-0.39, 0.29) is 5.91 Å². The van der Waals surface area contributed by atoms with Gasteiger partial charge in [0.1, 0.15) is 0 Å². The number of amides is 1. The monoisotopic (exact) mass is 368 g/mol. The molecule has 0 aromatic heterocycles. The van der Waals surface area contributed by atoms with Crippen molar-refractivity contribution in [3.8, 4) is 11.5 Å². The van der Waals surface area contributed by atoms with E-state index in [2.05, 4.69) is 4.99 Å². The van der Waals surface area contributed by atoms with Crippen molar-refractivity contribution in [2.45, 2.75) is 6.92 Å². The third kappa shape index (κ3) is 3.91. The fourth-order valence-corrected chi connectivity index (χ4v) is 3.45. The summed E-state index contributed by atoms with van der Waals surface area (Å²) < 4.78 is 10.9. The summed E-state index contributed by atoms with van der Waals surface area (Å²) in [5.41, 5.74) is 1.69. The van der Waals surface area contributed by atoms with Crippen LogP contribution in [0.4, 0.5) is 5.69 Å². The molecule has 1 fully saturated rings. The van der Waals surface area contributed by atoms with Gasteiger partial charge in [0.25, 0.3) is 5.91 Å². The average Bonchev–Trinajstić information content (AvgIpc) is 2.92. The molecule has 0 bridgehead atoms. The van der Waals surface area contributed by atoms with Crippen molar-refractivity contribution in [3.63, 3.8) is 0 Å². The Morgan fingerprint density at radius 3 is 2.62 bits per heavy atom. The van der Waals surface area contributed by atoms with Gasteiger partial charge in [-0.05, 0) is 54.6 Å². The van der Waals surface area contributed by atoms with Crippen LogP contribution in [0.5, 0.6) is 11.5 Å². The lowest BCUT2D eigenvalue weighted by Crippen LogP contribution is -2.23. The molecule has 134 valence electrons. The summed E-state index contributed by atoms with van der Waals surface area (Å²) in [4.78, 5) is 19.3. The molecule has 0 radical (unpaired) electrons. The van der Waals surface area contributed by atoms with E-state index in [0.717, 1.165) is 11.3 Å². The lowest BCUT2D eigenvalue weighted by molar-refractivity contribution is -0.121. The van der Waals surface area contributed by atoms with E-state index in [4.69, 9.17) is 9.47 Å². The van der Waals surface area contributed by atoms with Gasteiger partial charge in [0.05, 0.1) is 24.3 Å². The van der Waals surface area contributed by atoms with Crippen molar-refractivity contribution in [2.24, 2.45) is 4.99 Å². The van der Waals surface area contributed by atoms with Gasteiger partial charge in [0.15, 0.2) is 16.7 Å². The maximum absolute atomic E-state index is 12.5. The summed E-state index contributed by atoms with van der Waals surface area (Å²) in [6.45, 7) is 2.49. The first kappa shape index (κ1) is 18.1. The molecule has 2 aromatic rings. The number of aliphatic imine (C=N–C) groups is 1. The zero-order valence-electron chi connectivity index (χ0n) is 14.9. The van der Waals surface area contributed by atoms with Crippen LogP contribution >= 0.6 is 11.8 Å². The zero-order chi connectivity index (χ0) is 18.5. The van der Waals surface area contributed by atoms with E-state index in [1.165, 1.54) is 11.8 Å². The molecule has 0 spiro atoms. The lowest BCUT2D eigenvalue weighted by Gasteiger charge is -2.09. The largest absolute Gasteiger partial charge is 0.493 e. The van der Waals surface area contributed by atoms with Gasteiger partial charge in [-0.1, -0.05) is 24.3 Å². The van der Waals surface area contributed by atoms with Crippen LogP contribution in [0.1, 0.15) is 12.5 Å². The fourth-order valence-electron chi connectivity index (χ4n) is 2.46. The summed E-state index contributed by atoms with van der Waals surface area (Å²) in [7, 11) is 3.33. The van der Waals surface area contributed by atoms with E-state index in [0.29, 0.717) is 28.2 Å². The van der Waals surface area contributed by atoms with Gasteiger partial charge >= 0.3 is 0 Å². The number of rotatable bonds is 5. The molecule has 26 heavy (non-hydrogen) atoms. The van der Waals surface area contributed by atoms with Crippen LogP contribution in [0, 0.1) is 0 Å². The van der Waals surface area contributed by atoms with Crippen LogP contribution in [0.15, 0.2) is 58.4 Å². The number of nitrogens with zero attached hydrogens (tertiary/aromatic N) is 2. The third-order valence-corrected chi connectivity index (χ3v) is 4.83. The molecular weight excluding hydrogens is 348 g/mol. The van der Waals surface area contributed by atoms with E-state index >= 15 is 0 Å². The first-order valence-electron chi connectivity index (χ1n) is 8.24. The summed E-state index contributed by atoms with van der Waals surface area (Å²) in [5, 5.41) is 0.658. The number of hydrogen-bond acceptors (Lipinski definition) is 5. The molecule has 1 saturated heterocycles. The zero-order valence-corrected chi connectivity index (χ0v) is 15.7. The number of benzene rings is 2. The Morgan fingerprint density at radius 2 is 1.92 bits per heavy atom. The molecule has 0 N–H and O–H groups in total. The smallest absolute Gasteiger partial charge is 0.266 e. The van der Waals surface area contributed by atoms with Gasteiger partial charge in [-0.15, -0.1) is 0 Å². The van der Waals surface area contributed by atoms with Crippen LogP contribution < -0.4 is 9.47 Å². The van der Waals surface area contributed by atoms with Crippen molar-refractivity contribution < 1.29 is 14.3 Å². The molecule has 2 aromatic carbocycles. The van der Waals surface area contributed by atoms with Crippen LogP contribution in [0.25, 0.3) is 6.08 Å². The molecule has 0 aliphatic carbocycles. The van der Waals surface area contributed by atoms with Crippen molar-refractivity contribution in [1.82, 2.24) is 4.90 Å². The van der Waals surface area contributed by atoms with Gasteiger partial charge in [-0.2, -0.15) is 0 Å². The Kier molecular flexibility index (Phi) is 5.63. The lowest BCUT2D eigenvalue weighted by atomic mass is 10.2. The number of amidine groups is 1. The number of methoxy groups -OCH3 is 1. The topological polar surface area (TPSA) is 51.1 Å². The third-order valence-electron chi connectivity index (χ3n) is 3.77. The minimum absolute atomic E-state index is 0.0717. The second kappa shape index (κ2) is 8.10. The molecule has 1 aliphatic heterocycles. The molecule has 0 atom stereocenters. The molecule has 3 rings (SSSR count). The molecule has 1 aliphatic rings. The Bertz CT molecular complexity index is 863. The van der Waals surface area contributed by atoms with Gasteiger partial charge < -0.3 is 9.47 Å². The molecule has 6 heteroatoms. The van der Waals surface area contributed by atoms with Crippen molar-refractivity contribution >= 4 is 34.6 Å². The van der Waals surface area contributed by atoms with Gasteiger partial charge in [0.2, 0.25) is 0 Å². The Hall–Kier alpha value is -2.73. The first-order valence-corrected chi connectivity index (χ1v) is 9.06. The van der Waals surface area contributed by atoms with Crippen LogP contribution in [-0.4, -0.2) is 36.7 Å². The SMILES string of the molecule is CCOc1ccc(C=C2SC(=Nc3ccccc3)N(C)C2=O)cc1OC. The molecule has 0 unspecified atom stereocenters. The number of para-hydroxylation sites is 1. The van der Waals surface area contributed by atoms with Gasteiger partial charge in [-0.25, -0.2) is 4.99 Å². The molecule has 1 heterocycles. The maximum atomic E-state index is 12.5. The summed E-state index contributed by atoms with van der Waals surface area (Å²) in [6.07, 6.45) is 1.84. The number of hydrogen-bond donors (Lipinski definition) is 0. The first-order chi connectivity index (χ1) is 12.6. The predicted octanol–water partition coefficient (Wildman–Crippen LogP) is 4.33. The van der Waals surface area contributed by atoms with Crippen molar-refractivity contribution in [2.75, 3.05) is 20.8 Å². The van der Waals surface area contributed by atoms with Crippen LogP contribution in [-0.2, 0) is 4.79 Å². The quantitative estimate of drug-likeness (QED) is 0.737. The summed E-state index contributed by atoms with van der Waals surface area (Å²) >= 11 is 1.36. The summed E-state index contributed by atoms with van der Waals surface area (Å²) in [5.74, 6) is 1.26. The van der Waals surface area contributed by atoms with E-state index in [1.54, 1.807) is 19.1 Å². The number of ether oxygens (including phenoxy) is 2. The number of carbonyl (C=O) groups excluding carboxylic acids is 1. The second-order valence-corrected chi connectivity index (χ2v) is 6.56. The highest BCUT2D eigenvalue weighted by atomic mass is 32.2. The Labute approximate surface area is 157 Å². The highest BCUT2D eigenvalue weighted by molar-refractivity contribution is 8.18. The maximum Gasteiger partial charge on any atom is 0.266 e. The van der Waals surface area contributed by atoms with E-state index in [9.17, 15) is 4.79 Å². The van der Waals surface area contributed by atoms with Gasteiger partial charge in [0, 0.05) is 7.05 Å². The standard InChI is InChI=1S/C20H20N2O3S/c1-4-25-16-11-10-14(12-17(16)24-3)13-18-19(23)22(2)20(26-18)21-15-8-6-5-7-9-15/h5-13H,4H2,1-3H3. The molecule has 0 saturated carbocycles. The Morgan fingerprint density at radius 1 is 1.15 bits per heavy atom. The average molecular weight is 368 g/mol. The molecular formula is C20H20N2O3S. The normalized spacial score (nSPS) is 17.2. The number of thioether (sulfide) groups is 1. The van der Waals surface area contributed by atoms with E-state index < -0.39 is 0 Å². The predicted molar refractivity (Wildman–Crippen MR) is 106 cm³/mol. The number of likely N-dealkylation sites (N-methyl/N-ethyl adjacent to an activating group) is 1. The minimum Gasteiger partial charge on any atom is -0.493 e. The van der Waals surface area contributed by atoms with Crippen LogP contribution in [0.2, 0.25) is 0 Å². The highest BCUT2D eigenvalue weighted by Gasteiger charge is 2.30. The number of carbonyl (C=O) groups is 1. The van der Waals surface area contributed by atoms with Crippen molar-refractivity contribution in [3.05, 3.63) is 59.0 Å². The Balaban J connectivity index is 1.87. The summed E-state index contributed by atoms with van der Waals surface area (Å²) in [6, 6.07) is 15.2. The fraction of sp³-hybridized carbons (Fsp3) is 0.200. The van der Waals surface area contributed by atoms with Crippen LogP contribution in [0.3, 0.4) is 0 Å². The molecule has 1 amide bonds. The second-order valence-electron chi connectivity index (χ2n) is 5.55. The van der Waals surface area contributed by atoms with E-state index in [1.807, 2.05) is 61.5 Å². The molecule has 5 nitrogen and oxygen atoms in total. The minimum atomic E-state index is -0.0717. The highest BCUT2D eigenvalue weighted by Crippen LogP contribution is 2.35. The van der Waals surface area contributed by atoms with Gasteiger partial charge in [-0.3, -0.25) is 9.69 Å².